The molecule has 27 heavy (non-hydrogen) atoms. The van der Waals surface area contributed by atoms with Crippen LogP contribution in [0.15, 0.2) is 60.8 Å². The minimum Gasteiger partial charge on any atom is -0.486 e. The van der Waals surface area contributed by atoms with Gasteiger partial charge in [-0.25, -0.2) is 4.39 Å². The molecule has 138 valence electrons. The maximum atomic E-state index is 13.7. The predicted molar refractivity (Wildman–Crippen MR) is 102 cm³/mol. The molecule has 4 nitrogen and oxygen atoms in total. The first-order chi connectivity index (χ1) is 13.2. The van der Waals surface area contributed by atoms with Crippen molar-refractivity contribution in [3.63, 3.8) is 0 Å². The Labute approximate surface area is 157 Å². The van der Waals surface area contributed by atoms with Crippen molar-refractivity contribution in [2.75, 3.05) is 13.1 Å². The minimum atomic E-state index is -0.253. The van der Waals surface area contributed by atoms with Gasteiger partial charge in [-0.2, -0.15) is 0 Å². The number of aryl methyl sites for hydroxylation is 1. The lowest BCUT2D eigenvalue weighted by atomic mass is 10.1. The predicted octanol–water partition coefficient (Wildman–Crippen LogP) is 3.99. The molecular formula is C22H21FN2O2. The van der Waals surface area contributed by atoms with Gasteiger partial charge in [0.05, 0.1) is 6.54 Å². The highest BCUT2D eigenvalue weighted by atomic mass is 19.1. The number of halogens is 1. The molecule has 1 amide bonds. The van der Waals surface area contributed by atoms with Gasteiger partial charge in [0.2, 0.25) is 5.91 Å². The molecule has 1 unspecified atom stereocenters. The summed E-state index contributed by atoms with van der Waals surface area (Å²) >= 11 is 0. The number of ether oxygens (including phenoxy) is 1. The molecule has 0 radical (unpaired) electrons. The zero-order valence-corrected chi connectivity index (χ0v) is 15.0. The Bertz CT molecular complexity index is 954. The zero-order valence-electron chi connectivity index (χ0n) is 15.0. The Morgan fingerprint density at radius 1 is 1.15 bits per heavy atom. The van der Waals surface area contributed by atoms with Crippen LogP contribution in [0.1, 0.15) is 18.4 Å². The van der Waals surface area contributed by atoms with Gasteiger partial charge in [-0.15, -0.1) is 0 Å². The topological polar surface area (TPSA) is 42.4 Å². The maximum Gasteiger partial charge on any atom is 0.223 e. The van der Waals surface area contributed by atoms with E-state index in [1.165, 1.54) is 6.07 Å². The highest BCUT2D eigenvalue weighted by molar-refractivity contribution is 5.84. The third kappa shape index (κ3) is 3.92. The van der Waals surface area contributed by atoms with E-state index in [0.717, 1.165) is 23.1 Å². The lowest BCUT2D eigenvalue weighted by Crippen LogP contribution is -2.31. The summed E-state index contributed by atoms with van der Waals surface area (Å²) in [6, 6.07) is 16.4. The van der Waals surface area contributed by atoms with E-state index in [-0.39, 0.29) is 17.8 Å². The lowest BCUT2D eigenvalue weighted by molar-refractivity contribution is -0.130. The van der Waals surface area contributed by atoms with Crippen LogP contribution in [0, 0.1) is 5.82 Å². The van der Waals surface area contributed by atoms with Crippen LogP contribution in [-0.2, 0) is 11.2 Å². The van der Waals surface area contributed by atoms with Gasteiger partial charge in [-0.3, -0.25) is 9.78 Å². The SMILES string of the molecule is O=C(CCc1ccccc1F)N1CCC(Oc2cccc3cccnc23)C1. The van der Waals surface area contributed by atoms with Crippen LogP contribution in [0.5, 0.6) is 5.75 Å². The van der Waals surface area contributed by atoms with Gasteiger partial charge in [-0.05, 0) is 30.2 Å². The number of aromatic nitrogens is 1. The number of carbonyl (C=O) groups excluding carboxylic acids is 1. The molecule has 0 saturated carbocycles. The first-order valence-corrected chi connectivity index (χ1v) is 9.22. The van der Waals surface area contributed by atoms with Crippen molar-refractivity contribution in [1.29, 1.82) is 0 Å². The molecule has 0 bridgehead atoms. The van der Waals surface area contributed by atoms with Gasteiger partial charge >= 0.3 is 0 Å². The van der Waals surface area contributed by atoms with Crippen molar-refractivity contribution < 1.29 is 13.9 Å². The number of benzene rings is 2. The molecular weight excluding hydrogens is 343 g/mol. The Morgan fingerprint density at radius 3 is 2.89 bits per heavy atom. The Balaban J connectivity index is 1.35. The van der Waals surface area contributed by atoms with Gasteiger partial charge < -0.3 is 9.64 Å². The third-order valence-corrected chi connectivity index (χ3v) is 4.95. The van der Waals surface area contributed by atoms with E-state index >= 15 is 0 Å². The number of hydrogen-bond acceptors (Lipinski definition) is 3. The molecule has 4 rings (SSSR count). The van der Waals surface area contributed by atoms with Crippen LogP contribution in [0.4, 0.5) is 4.39 Å². The second kappa shape index (κ2) is 7.74. The Hall–Kier alpha value is -2.95. The highest BCUT2D eigenvalue weighted by Gasteiger charge is 2.27. The van der Waals surface area contributed by atoms with Crippen LogP contribution >= 0.6 is 0 Å². The molecule has 0 spiro atoms. The fourth-order valence-electron chi connectivity index (χ4n) is 3.50. The summed E-state index contributed by atoms with van der Waals surface area (Å²) in [6.45, 7) is 1.22. The standard InChI is InChI=1S/C22H21FN2O2/c23-19-8-2-1-5-16(19)10-11-21(26)25-14-12-18(15-25)27-20-9-3-6-17-7-4-13-24-22(17)20/h1-9,13,18H,10-12,14-15H2. The Kier molecular flexibility index (Phi) is 5.01. The van der Waals surface area contributed by atoms with Gasteiger partial charge in [0.25, 0.3) is 0 Å². The van der Waals surface area contributed by atoms with E-state index < -0.39 is 0 Å². The van der Waals surface area contributed by atoms with E-state index in [1.807, 2.05) is 35.2 Å². The summed E-state index contributed by atoms with van der Waals surface area (Å²) < 4.78 is 19.8. The van der Waals surface area contributed by atoms with Crippen molar-refractivity contribution in [1.82, 2.24) is 9.88 Å². The number of amides is 1. The summed E-state index contributed by atoms with van der Waals surface area (Å²) in [4.78, 5) is 18.7. The van der Waals surface area contributed by atoms with Crippen LogP contribution in [-0.4, -0.2) is 35.0 Å². The van der Waals surface area contributed by atoms with E-state index in [9.17, 15) is 9.18 Å². The number of para-hydroxylation sites is 1. The van der Waals surface area contributed by atoms with Crippen LogP contribution in [0.3, 0.4) is 0 Å². The number of nitrogens with zero attached hydrogens (tertiary/aromatic N) is 2. The van der Waals surface area contributed by atoms with Crippen molar-refractivity contribution >= 4 is 16.8 Å². The van der Waals surface area contributed by atoms with Crippen molar-refractivity contribution in [3.05, 3.63) is 72.2 Å². The quantitative estimate of drug-likeness (QED) is 0.688. The zero-order chi connectivity index (χ0) is 18.6. The summed E-state index contributed by atoms with van der Waals surface area (Å²) in [6.07, 6.45) is 3.22. The van der Waals surface area contributed by atoms with Crippen molar-refractivity contribution in [3.8, 4) is 5.75 Å². The first-order valence-electron chi connectivity index (χ1n) is 9.22. The fourth-order valence-corrected chi connectivity index (χ4v) is 3.50. The largest absolute Gasteiger partial charge is 0.486 e. The third-order valence-electron chi connectivity index (χ3n) is 4.95. The average molecular weight is 364 g/mol. The maximum absolute atomic E-state index is 13.7. The molecule has 1 aliphatic heterocycles. The molecule has 0 aliphatic carbocycles. The second-order valence-corrected chi connectivity index (χ2v) is 6.79. The van der Waals surface area contributed by atoms with Crippen molar-refractivity contribution in [2.24, 2.45) is 0 Å². The van der Waals surface area contributed by atoms with Crippen LogP contribution in [0.25, 0.3) is 10.9 Å². The van der Waals surface area contributed by atoms with Gasteiger partial charge in [0.15, 0.2) is 0 Å². The molecule has 1 aromatic heterocycles. The number of fused-ring (bicyclic) bond motifs is 1. The number of rotatable bonds is 5. The van der Waals surface area contributed by atoms with Gasteiger partial charge in [0.1, 0.15) is 23.2 Å². The number of pyridine rings is 1. The van der Waals surface area contributed by atoms with E-state index in [1.54, 1.807) is 24.4 Å². The van der Waals surface area contributed by atoms with E-state index in [0.29, 0.717) is 31.5 Å². The summed E-state index contributed by atoms with van der Waals surface area (Å²) in [5.74, 6) is 0.538. The number of likely N-dealkylation sites (tertiary alicyclic amines) is 1. The van der Waals surface area contributed by atoms with E-state index in [2.05, 4.69) is 4.98 Å². The Morgan fingerprint density at radius 2 is 2.00 bits per heavy atom. The van der Waals surface area contributed by atoms with Gasteiger partial charge in [-0.1, -0.05) is 36.4 Å². The molecule has 2 aromatic carbocycles. The van der Waals surface area contributed by atoms with Gasteiger partial charge in [0, 0.05) is 31.0 Å². The molecule has 1 fully saturated rings. The highest BCUT2D eigenvalue weighted by Crippen LogP contribution is 2.26. The lowest BCUT2D eigenvalue weighted by Gasteiger charge is -2.18. The molecule has 1 atom stereocenters. The smallest absolute Gasteiger partial charge is 0.223 e. The normalized spacial score (nSPS) is 16.6. The number of carbonyl (C=O) groups is 1. The average Bonchev–Trinajstić information content (AvgIpc) is 3.16. The van der Waals surface area contributed by atoms with Crippen molar-refractivity contribution in [2.45, 2.75) is 25.4 Å². The molecule has 1 aliphatic rings. The monoisotopic (exact) mass is 364 g/mol. The van der Waals surface area contributed by atoms with Crippen LogP contribution in [0.2, 0.25) is 0 Å². The second-order valence-electron chi connectivity index (χ2n) is 6.79. The minimum absolute atomic E-state index is 0.0420. The summed E-state index contributed by atoms with van der Waals surface area (Å²) in [5.41, 5.74) is 1.42. The molecule has 1 saturated heterocycles. The molecule has 2 heterocycles. The summed E-state index contributed by atoms with van der Waals surface area (Å²) in [5, 5.41) is 1.03. The molecule has 0 N–H and O–H groups in total. The fraction of sp³-hybridized carbons (Fsp3) is 0.273. The van der Waals surface area contributed by atoms with E-state index in [4.69, 9.17) is 4.74 Å². The first kappa shape index (κ1) is 17.5. The summed E-state index contributed by atoms with van der Waals surface area (Å²) in [7, 11) is 0. The number of hydrogen-bond donors (Lipinski definition) is 0. The van der Waals surface area contributed by atoms with Crippen LogP contribution < -0.4 is 4.74 Å². The molecule has 5 heteroatoms. The molecule has 3 aromatic rings.